The van der Waals surface area contributed by atoms with Crippen LogP contribution in [0.15, 0.2) is 62.5 Å². The maximum absolute atomic E-state index is 12.7. The van der Waals surface area contributed by atoms with Crippen LogP contribution in [-0.2, 0) is 6.54 Å². The molecule has 4 aromatic rings. The van der Waals surface area contributed by atoms with Gasteiger partial charge in [0.1, 0.15) is 16.8 Å². The van der Waals surface area contributed by atoms with Gasteiger partial charge in [-0.15, -0.1) is 0 Å². The second-order valence-electron chi connectivity index (χ2n) is 5.73. The van der Waals surface area contributed by atoms with Crippen molar-refractivity contribution >= 4 is 43.8 Å². The van der Waals surface area contributed by atoms with Crippen LogP contribution in [0.4, 0.5) is 0 Å². The van der Waals surface area contributed by atoms with Crippen molar-refractivity contribution in [3.05, 3.63) is 69.2 Å². The predicted octanol–water partition coefficient (Wildman–Crippen LogP) is 3.80. The number of methoxy groups -OCH3 is 1. The van der Waals surface area contributed by atoms with Gasteiger partial charge in [-0.25, -0.2) is 4.98 Å². The molecular weight excluding hydrogens is 400 g/mol. The molecule has 130 valence electrons. The summed E-state index contributed by atoms with van der Waals surface area (Å²) in [6, 6.07) is 12.3. The third-order valence-corrected chi connectivity index (χ3v) is 4.76. The number of ketones is 1. The molecule has 0 atom stereocenters. The van der Waals surface area contributed by atoms with E-state index in [1.165, 1.54) is 10.9 Å². The molecule has 2 aromatic heterocycles. The van der Waals surface area contributed by atoms with E-state index in [1.807, 2.05) is 18.2 Å². The van der Waals surface area contributed by atoms with Crippen LogP contribution in [0.1, 0.15) is 10.4 Å². The van der Waals surface area contributed by atoms with E-state index in [1.54, 1.807) is 31.4 Å². The lowest BCUT2D eigenvalue weighted by molar-refractivity contribution is 0.0970. The van der Waals surface area contributed by atoms with E-state index in [2.05, 4.69) is 20.9 Å². The third-order valence-electron chi connectivity index (χ3n) is 4.14. The SMILES string of the molecule is COc1ccc(C(=O)Cn2cnc3c(oc4ccccc43)c2=O)cc1Br. The molecule has 4 rings (SSSR count). The summed E-state index contributed by atoms with van der Waals surface area (Å²) in [6.45, 7) is -0.127. The molecule has 0 N–H and O–H groups in total. The van der Waals surface area contributed by atoms with Crippen LogP contribution in [0.3, 0.4) is 0 Å². The van der Waals surface area contributed by atoms with Gasteiger partial charge in [0.2, 0.25) is 5.58 Å². The first-order chi connectivity index (χ1) is 12.6. The van der Waals surface area contributed by atoms with Gasteiger partial charge in [-0.3, -0.25) is 14.2 Å². The summed E-state index contributed by atoms with van der Waals surface area (Å²) in [5.41, 5.74) is 1.33. The summed E-state index contributed by atoms with van der Waals surface area (Å²) in [7, 11) is 1.55. The lowest BCUT2D eigenvalue weighted by atomic mass is 10.1. The molecule has 0 aliphatic heterocycles. The summed E-state index contributed by atoms with van der Waals surface area (Å²) >= 11 is 3.35. The van der Waals surface area contributed by atoms with Gasteiger partial charge < -0.3 is 9.15 Å². The minimum Gasteiger partial charge on any atom is -0.496 e. The first-order valence-electron chi connectivity index (χ1n) is 7.82. The molecule has 0 saturated heterocycles. The van der Waals surface area contributed by atoms with E-state index in [-0.39, 0.29) is 23.5 Å². The molecule has 0 amide bonds. The Morgan fingerprint density at radius 1 is 1.27 bits per heavy atom. The number of nitrogens with zero attached hydrogens (tertiary/aromatic N) is 2. The molecule has 0 spiro atoms. The number of carbonyl (C=O) groups is 1. The highest BCUT2D eigenvalue weighted by molar-refractivity contribution is 9.10. The number of hydrogen-bond donors (Lipinski definition) is 0. The Labute approximate surface area is 156 Å². The van der Waals surface area contributed by atoms with Gasteiger partial charge in [0.15, 0.2) is 5.78 Å². The maximum Gasteiger partial charge on any atom is 0.297 e. The van der Waals surface area contributed by atoms with Crippen LogP contribution in [-0.4, -0.2) is 22.4 Å². The van der Waals surface area contributed by atoms with E-state index < -0.39 is 0 Å². The van der Waals surface area contributed by atoms with Gasteiger partial charge in [0.25, 0.3) is 5.56 Å². The highest BCUT2D eigenvalue weighted by Crippen LogP contribution is 2.26. The number of halogens is 1. The van der Waals surface area contributed by atoms with Crippen molar-refractivity contribution in [2.24, 2.45) is 0 Å². The molecule has 0 aliphatic rings. The molecule has 0 radical (unpaired) electrons. The second-order valence-corrected chi connectivity index (χ2v) is 6.58. The molecular formula is C19H13BrN2O4. The van der Waals surface area contributed by atoms with Gasteiger partial charge in [0, 0.05) is 10.9 Å². The van der Waals surface area contributed by atoms with Crippen molar-refractivity contribution in [3.63, 3.8) is 0 Å². The van der Waals surface area contributed by atoms with Crippen molar-refractivity contribution in [1.82, 2.24) is 9.55 Å². The normalized spacial score (nSPS) is 11.2. The fraction of sp³-hybridized carbons (Fsp3) is 0.105. The summed E-state index contributed by atoms with van der Waals surface area (Å²) in [5, 5.41) is 0.775. The zero-order chi connectivity index (χ0) is 18.3. The average molecular weight is 413 g/mol. The van der Waals surface area contributed by atoms with Gasteiger partial charge in [-0.05, 0) is 46.3 Å². The lowest BCUT2D eigenvalue weighted by Gasteiger charge is -2.07. The van der Waals surface area contributed by atoms with Gasteiger partial charge in [-0.1, -0.05) is 12.1 Å². The van der Waals surface area contributed by atoms with Crippen molar-refractivity contribution in [2.45, 2.75) is 6.54 Å². The summed E-state index contributed by atoms with van der Waals surface area (Å²) in [5.74, 6) is 0.414. The van der Waals surface area contributed by atoms with Crippen molar-refractivity contribution in [2.75, 3.05) is 7.11 Å². The topological polar surface area (TPSA) is 74.3 Å². The Hall–Kier alpha value is -2.93. The number of furan rings is 1. The highest BCUT2D eigenvalue weighted by Gasteiger charge is 2.16. The Bertz CT molecular complexity index is 1210. The first kappa shape index (κ1) is 16.5. The summed E-state index contributed by atoms with van der Waals surface area (Å²) < 4.78 is 12.7. The Morgan fingerprint density at radius 2 is 2.08 bits per heavy atom. The smallest absolute Gasteiger partial charge is 0.297 e. The number of aromatic nitrogens is 2. The first-order valence-corrected chi connectivity index (χ1v) is 8.61. The molecule has 7 heteroatoms. The van der Waals surface area contributed by atoms with Crippen molar-refractivity contribution in [3.8, 4) is 5.75 Å². The lowest BCUT2D eigenvalue weighted by Crippen LogP contribution is -2.24. The molecule has 6 nitrogen and oxygen atoms in total. The number of ether oxygens (including phenoxy) is 1. The van der Waals surface area contributed by atoms with Crippen LogP contribution in [0.5, 0.6) is 5.75 Å². The fourth-order valence-electron chi connectivity index (χ4n) is 2.81. The van der Waals surface area contributed by atoms with Gasteiger partial charge in [0.05, 0.1) is 24.5 Å². The second kappa shape index (κ2) is 6.42. The minimum atomic E-state index is -0.382. The van der Waals surface area contributed by atoms with E-state index in [4.69, 9.17) is 9.15 Å². The number of carbonyl (C=O) groups excluding carboxylic acids is 1. The third kappa shape index (κ3) is 2.70. The van der Waals surface area contributed by atoms with Crippen molar-refractivity contribution in [1.29, 1.82) is 0 Å². The fourth-order valence-corrected chi connectivity index (χ4v) is 3.35. The number of rotatable bonds is 4. The van der Waals surface area contributed by atoms with Crippen LogP contribution >= 0.6 is 15.9 Å². The Kier molecular flexibility index (Phi) is 4.08. The molecule has 2 aromatic carbocycles. The molecule has 0 unspecified atom stereocenters. The van der Waals surface area contributed by atoms with Crippen LogP contribution in [0, 0.1) is 0 Å². The number of fused-ring (bicyclic) bond motifs is 3. The maximum atomic E-state index is 12.7. The number of hydrogen-bond acceptors (Lipinski definition) is 5. The number of benzene rings is 2. The molecule has 26 heavy (non-hydrogen) atoms. The summed E-state index contributed by atoms with van der Waals surface area (Å²) in [4.78, 5) is 29.5. The monoisotopic (exact) mass is 412 g/mol. The van der Waals surface area contributed by atoms with E-state index in [0.29, 0.717) is 26.9 Å². The number of para-hydroxylation sites is 1. The predicted molar refractivity (Wildman–Crippen MR) is 101 cm³/mol. The van der Waals surface area contributed by atoms with Crippen molar-refractivity contribution < 1.29 is 13.9 Å². The van der Waals surface area contributed by atoms with Crippen LogP contribution < -0.4 is 10.3 Å². The van der Waals surface area contributed by atoms with Gasteiger partial charge in [-0.2, -0.15) is 0 Å². The van der Waals surface area contributed by atoms with E-state index in [9.17, 15) is 9.59 Å². The molecule has 0 saturated carbocycles. The average Bonchev–Trinajstić information content (AvgIpc) is 3.03. The largest absolute Gasteiger partial charge is 0.496 e. The Balaban J connectivity index is 1.72. The number of Topliss-reactive ketones (excluding diaryl/α,β-unsaturated/α-hetero) is 1. The summed E-state index contributed by atoms with van der Waals surface area (Å²) in [6.07, 6.45) is 1.38. The van der Waals surface area contributed by atoms with Crippen LogP contribution in [0.25, 0.3) is 22.1 Å². The highest BCUT2D eigenvalue weighted by atomic mass is 79.9. The zero-order valence-electron chi connectivity index (χ0n) is 13.7. The Morgan fingerprint density at radius 3 is 2.85 bits per heavy atom. The van der Waals surface area contributed by atoms with E-state index in [0.717, 1.165) is 5.39 Å². The molecule has 0 bridgehead atoms. The van der Waals surface area contributed by atoms with Crippen LogP contribution in [0.2, 0.25) is 0 Å². The quantitative estimate of drug-likeness (QED) is 0.476. The molecule has 2 heterocycles. The minimum absolute atomic E-state index is 0.127. The standard InChI is InChI=1S/C19H13BrN2O4/c1-25-16-7-6-11(8-13(16)20)14(23)9-22-10-21-17-12-4-2-3-5-15(12)26-18(17)19(22)24/h2-8,10H,9H2,1H3. The van der Waals surface area contributed by atoms with Gasteiger partial charge >= 0.3 is 0 Å². The molecule has 0 aliphatic carbocycles. The van der Waals surface area contributed by atoms with E-state index >= 15 is 0 Å². The molecule has 0 fully saturated rings. The zero-order valence-corrected chi connectivity index (χ0v) is 15.3.